The van der Waals surface area contributed by atoms with E-state index in [1.54, 1.807) is 26.0 Å². The molecule has 7 heteroatoms. The molecule has 1 heterocycles. The van der Waals surface area contributed by atoms with E-state index in [4.69, 9.17) is 4.55 Å². The summed E-state index contributed by atoms with van der Waals surface area (Å²) in [5.74, 6) is 0. The van der Waals surface area contributed by atoms with Crippen LogP contribution in [0, 0.1) is 27.0 Å². The summed E-state index contributed by atoms with van der Waals surface area (Å²) in [6.45, 7) is 5.22. The minimum Gasteiger partial charge on any atom is -0.352 e. The van der Waals surface area contributed by atoms with Crippen molar-refractivity contribution in [3.8, 4) is 0 Å². The second-order valence-electron chi connectivity index (χ2n) is 3.81. The van der Waals surface area contributed by atoms with Gasteiger partial charge in [-0.15, -0.1) is 11.4 Å². The number of hydrogen-bond donors (Lipinski definition) is 2. The van der Waals surface area contributed by atoms with Crippen molar-refractivity contribution in [3.63, 3.8) is 0 Å². The van der Waals surface area contributed by atoms with E-state index in [9.17, 15) is 8.42 Å². The maximum atomic E-state index is 10.9. The molecular weight excluding hydrogens is 254 g/mol. The zero-order valence-electron chi connectivity index (χ0n) is 10.3. The van der Waals surface area contributed by atoms with Crippen molar-refractivity contribution in [1.82, 2.24) is 15.4 Å². The molecule has 6 nitrogen and oxygen atoms in total. The van der Waals surface area contributed by atoms with Gasteiger partial charge in [-0.2, -0.15) is 8.42 Å². The van der Waals surface area contributed by atoms with E-state index in [-0.39, 0.29) is 4.90 Å². The van der Waals surface area contributed by atoms with Gasteiger partial charge in [-0.1, -0.05) is 17.7 Å². The van der Waals surface area contributed by atoms with Crippen LogP contribution in [0.25, 0.3) is 0 Å². The lowest BCUT2D eigenvalue weighted by molar-refractivity contribution is 0.482. The van der Waals surface area contributed by atoms with E-state index in [0.29, 0.717) is 11.1 Å². The van der Waals surface area contributed by atoms with Crippen molar-refractivity contribution in [2.45, 2.75) is 25.7 Å². The Morgan fingerprint density at radius 2 is 1.78 bits per heavy atom. The van der Waals surface area contributed by atoms with Crippen LogP contribution in [0.1, 0.15) is 16.7 Å². The third-order valence-electron chi connectivity index (χ3n) is 2.16. The molecule has 0 spiro atoms. The molecule has 0 bridgehead atoms. The third kappa shape index (κ3) is 3.94. The molecule has 0 aliphatic carbocycles. The van der Waals surface area contributed by atoms with Crippen LogP contribution in [0.5, 0.6) is 0 Å². The zero-order valence-corrected chi connectivity index (χ0v) is 11.1. The van der Waals surface area contributed by atoms with Gasteiger partial charge in [0.1, 0.15) is 0 Å². The fraction of sp³-hybridized carbons (Fsp3) is 0.273. The van der Waals surface area contributed by atoms with E-state index in [0.717, 1.165) is 5.56 Å². The summed E-state index contributed by atoms with van der Waals surface area (Å²) in [5.41, 5.74) is 2.16. The Kier molecular flexibility index (Phi) is 4.57. The van der Waals surface area contributed by atoms with Crippen molar-refractivity contribution >= 4 is 10.1 Å². The zero-order chi connectivity index (χ0) is 13.8. The van der Waals surface area contributed by atoms with Gasteiger partial charge in [0.2, 0.25) is 0 Å². The highest BCUT2D eigenvalue weighted by molar-refractivity contribution is 7.86. The van der Waals surface area contributed by atoms with Crippen molar-refractivity contribution in [2.75, 3.05) is 0 Å². The summed E-state index contributed by atoms with van der Waals surface area (Å²) >= 11 is 0. The van der Waals surface area contributed by atoms with Crippen molar-refractivity contribution in [1.29, 1.82) is 0 Å². The van der Waals surface area contributed by atoms with Crippen molar-refractivity contribution in [2.24, 2.45) is 0 Å². The minimum atomic E-state index is -4.08. The van der Waals surface area contributed by atoms with Crippen LogP contribution < -0.4 is 0 Å². The molecule has 0 aliphatic rings. The Labute approximate surface area is 106 Å². The second-order valence-corrected chi connectivity index (χ2v) is 5.16. The molecule has 2 rings (SSSR count). The van der Waals surface area contributed by atoms with Gasteiger partial charge < -0.3 is 16.4 Å². The molecule has 0 unspecified atom stereocenters. The number of nitrogens with one attached hydrogen (secondary N) is 1. The molecule has 0 aliphatic heterocycles. The highest BCUT2D eigenvalue weighted by atomic mass is 32.2. The highest BCUT2D eigenvalue weighted by Gasteiger charge is 2.15. The van der Waals surface area contributed by atoms with Crippen LogP contribution in [-0.4, -0.2) is 28.4 Å². The molecule has 18 heavy (non-hydrogen) atoms. The fourth-order valence-electron chi connectivity index (χ4n) is 1.72. The standard InChI is InChI=1S/C9H12O3S.C2H2N3/c1-6-4-7(2)9(8(3)5-6)13(10,11)12;1-2-4-5-3-1/h4-5H,1-3H3,(H,10,11,12);1H,(H,3,4,5)/q;-1. The van der Waals surface area contributed by atoms with Gasteiger partial charge in [-0.25, -0.2) is 0 Å². The first-order valence-electron chi connectivity index (χ1n) is 5.10. The largest absolute Gasteiger partial charge is 0.352 e. The molecule has 0 radical (unpaired) electrons. The van der Waals surface area contributed by atoms with E-state index in [2.05, 4.69) is 21.6 Å². The van der Waals surface area contributed by atoms with Gasteiger partial charge in [-0.3, -0.25) is 4.55 Å². The molecule has 0 atom stereocenters. The predicted octanol–water partition coefficient (Wildman–Crippen LogP) is 1.46. The number of aromatic nitrogens is 3. The molecule has 98 valence electrons. The Hall–Kier alpha value is -1.73. The first kappa shape index (κ1) is 14.3. The lowest BCUT2D eigenvalue weighted by atomic mass is 10.1. The average molecular weight is 268 g/mol. The lowest BCUT2D eigenvalue weighted by Gasteiger charge is -2.07. The van der Waals surface area contributed by atoms with Crippen LogP contribution in [0.2, 0.25) is 0 Å². The van der Waals surface area contributed by atoms with Gasteiger partial charge in [0.05, 0.1) is 4.90 Å². The average Bonchev–Trinajstić information content (AvgIpc) is 2.69. The monoisotopic (exact) mass is 268 g/mol. The lowest BCUT2D eigenvalue weighted by Crippen LogP contribution is -2.04. The Bertz CT molecular complexity index is 566. The first-order valence-corrected chi connectivity index (χ1v) is 6.54. The number of H-pyrrole nitrogens is 1. The van der Waals surface area contributed by atoms with E-state index in [1.807, 2.05) is 6.92 Å². The smallest absolute Gasteiger partial charge is 0.295 e. The number of benzene rings is 1. The first-order chi connectivity index (χ1) is 8.32. The van der Waals surface area contributed by atoms with Crippen LogP contribution >= 0.6 is 0 Å². The maximum absolute atomic E-state index is 10.9. The van der Waals surface area contributed by atoms with E-state index >= 15 is 0 Å². The minimum absolute atomic E-state index is 0.0260. The second kappa shape index (κ2) is 5.74. The topological polar surface area (TPSA) is 95.9 Å². The van der Waals surface area contributed by atoms with Gasteiger partial charge >= 0.3 is 0 Å². The molecule has 0 saturated heterocycles. The van der Waals surface area contributed by atoms with Crippen LogP contribution in [0.15, 0.2) is 23.2 Å². The van der Waals surface area contributed by atoms with Crippen LogP contribution in [0.3, 0.4) is 0 Å². The molecule has 2 N–H and O–H groups in total. The molecular formula is C11H14N3O3S-. The van der Waals surface area contributed by atoms with E-state index < -0.39 is 10.1 Å². The van der Waals surface area contributed by atoms with Crippen LogP contribution in [-0.2, 0) is 10.1 Å². The summed E-state index contributed by atoms with van der Waals surface area (Å²) in [6.07, 6.45) is 3.97. The summed E-state index contributed by atoms with van der Waals surface area (Å²) in [6, 6.07) is 3.46. The molecule has 0 amide bonds. The maximum Gasteiger partial charge on any atom is 0.295 e. The number of aromatic amines is 1. The molecule has 0 fully saturated rings. The van der Waals surface area contributed by atoms with Gasteiger partial charge in [0.25, 0.3) is 10.1 Å². The molecule has 2 aromatic rings. The van der Waals surface area contributed by atoms with E-state index in [1.165, 1.54) is 6.20 Å². The number of nitrogens with zero attached hydrogens (tertiary/aromatic N) is 2. The summed E-state index contributed by atoms with van der Waals surface area (Å²) < 4.78 is 30.8. The Morgan fingerprint density at radius 3 is 2.06 bits per heavy atom. The number of hydrogen-bond acceptors (Lipinski definition) is 4. The summed E-state index contributed by atoms with van der Waals surface area (Å²) in [4.78, 5) is 0.0260. The normalized spacial score (nSPS) is 10.7. The molecule has 1 aromatic heterocycles. The fourth-order valence-corrected chi connectivity index (χ4v) is 2.65. The number of aryl methyl sites for hydroxylation is 3. The number of rotatable bonds is 1. The van der Waals surface area contributed by atoms with Crippen LogP contribution in [0.4, 0.5) is 0 Å². The quantitative estimate of drug-likeness (QED) is 0.603. The SMILES string of the molecule is Cc1cc(C)c(S(=O)(=O)O)c(C)c1.[c-]1c[nH]nn1. The summed E-state index contributed by atoms with van der Waals surface area (Å²) in [7, 11) is -4.08. The van der Waals surface area contributed by atoms with Gasteiger partial charge in [-0.05, 0) is 31.9 Å². The Morgan fingerprint density at radius 1 is 1.22 bits per heavy atom. The van der Waals surface area contributed by atoms with Crippen molar-refractivity contribution in [3.05, 3.63) is 41.2 Å². The highest BCUT2D eigenvalue weighted by Crippen LogP contribution is 2.20. The predicted molar refractivity (Wildman–Crippen MR) is 65.7 cm³/mol. The van der Waals surface area contributed by atoms with Gasteiger partial charge in [0.15, 0.2) is 0 Å². The molecule has 0 saturated carbocycles. The molecule has 1 aromatic carbocycles. The van der Waals surface area contributed by atoms with Crippen molar-refractivity contribution < 1.29 is 13.0 Å². The van der Waals surface area contributed by atoms with Gasteiger partial charge in [0, 0.05) is 0 Å². The third-order valence-corrected chi connectivity index (χ3v) is 3.32. The summed E-state index contributed by atoms with van der Waals surface area (Å²) in [5, 5.41) is 9.03. The Balaban J connectivity index is 0.000000269.